The highest BCUT2D eigenvalue weighted by molar-refractivity contribution is 8.76. The fraction of sp³-hybridized carbons (Fsp3) is 0.545. The summed E-state index contributed by atoms with van der Waals surface area (Å²) in [4.78, 5) is 24.7. The number of benzene rings is 1. The standard InChI is InChI=1S/C22H34N4O3S2/c1-4-7-12-24-20(27)17-29-16-15-25-21(5-2)31-30-19-10-8-18(9-11-19)22(28)26-14-13-23-6-3/h8-11,21,23,25H,5-6,12-17H2,1-3H3,(H,24,27)(H,26,28). The highest BCUT2D eigenvalue weighted by atomic mass is 33.1. The summed E-state index contributed by atoms with van der Waals surface area (Å²) < 4.78 is 5.38. The van der Waals surface area contributed by atoms with Crippen LogP contribution in [0.25, 0.3) is 0 Å². The maximum absolute atomic E-state index is 12.1. The lowest BCUT2D eigenvalue weighted by Crippen LogP contribution is -2.31. The lowest BCUT2D eigenvalue weighted by atomic mass is 10.2. The zero-order chi connectivity index (χ0) is 22.7. The van der Waals surface area contributed by atoms with Crippen LogP contribution >= 0.6 is 21.6 Å². The van der Waals surface area contributed by atoms with Gasteiger partial charge in [0.2, 0.25) is 5.91 Å². The lowest BCUT2D eigenvalue weighted by Gasteiger charge is -2.16. The fourth-order valence-electron chi connectivity index (χ4n) is 2.30. The quantitative estimate of drug-likeness (QED) is 0.129. The van der Waals surface area contributed by atoms with Gasteiger partial charge >= 0.3 is 0 Å². The minimum absolute atomic E-state index is 0.0425. The van der Waals surface area contributed by atoms with E-state index >= 15 is 0 Å². The first-order chi connectivity index (χ1) is 15.1. The molecular formula is C22H34N4O3S2. The van der Waals surface area contributed by atoms with Gasteiger partial charge in [-0.1, -0.05) is 41.4 Å². The van der Waals surface area contributed by atoms with Gasteiger partial charge in [-0.05, 0) is 44.2 Å². The minimum atomic E-state index is -0.158. The molecule has 0 aromatic heterocycles. The summed E-state index contributed by atoms with van der Waals surface area (Å²) in [7, 11) is 3.41. The highest BCUT2D eigenvalue weighted by Crippen LogP contribution is 2.34. The zero-order valence-corrected chi connectivity index (χ0v) is 20.2. The molecule has 0 saturated carbocycles. The third-order valence-corrected chi connectivity index (χ3v) is 6.84. The second-order valence-electron chi connectivity index (χ2n) is 6.42. The predicted molar refractivity (Wildman–Crippen MR) is 130 cm³/mol. The maximum Gasteiger partial charge on any atom is 0.251 e. The van der Waals surface area contributed by atoms with E-state index in [2.05, 4.69) is 40.0 Å². The van der Waals surface area contributed by atoms with Crippen molar-refractivity contribution in [2.24, 2.45) is 0 Å². The molecule has 0 radical (unpaired) electrons. The summed E-state index contributed by atoms with van der Waals surface area (Å²) in [5.41, 5.74) is 0.666. The molecule has 0 heterocycles. The summed E-state index contributed by atoms with van der Waals surface area (Å²) >= 11 is 0. The zero-order valence-electron chi connectivity index (χ0n) is 18.6. The van der Waals surface area contributed by atoms with E-state index in [4.69, 9.17) is 4.74 Å². The number of carbonyl (C=O) groups excluding carboxylic acids is 2. The van der Waals surface area contributed by atoms with Gasteiger partial charge in [0.1, 0.15) is 6.61 Å². The molecule has 1 rings (SSSR count). The summed E-state index contributed by atoms with van der Waals surface area (Å²) in [5, 5.41) is 12.4. The van der Waals surface area contributed by atoms with Crippen molar-refractivity contribution in [3.8, 4) is 11.8 Å². The summed E-state index contributed by atoms with van der Waals surface area (Å²) in [6.07, 6.45) is 0.958. The molecule has 0 aliphatic carbocycles. The summed E-state index contributed by atoms with van der Waals surface area (Å²) in [5.74, 6) is 5.28. The molecule has 1 unspecified atom stereocenters. The van der Waals surface area contributed by atoms with Crippen LogP contribution in [0.15, 0.2) is 29.2 Å². The van der Waals surface area contributed by atoms with Gasteiger partial charge in [-0.2, -0.15) is 0 Å². The average Bonchev–Trinajstić information content (AvgIpc) is 2.79. The monoisotopic (exact) mass is 466 g/mol. The molecule has 1 aromatic carbocycles. The maximum atomic E-state index is 12.1. The number of carbonyl (C=O) groups is 2. The molecule has 1 aromatic rings. The Morgan fingerprint density at radius 3 is 2.55 bits per heavy atom. The van der Waals surface area contributed by atoms with Crippen LogP contribution in [0, 0.1) is 11.8 Å². The van der Waals surface area contributed by atoms with Crippen molar-refractivity contribution >= 4 is 33.4 Å². The molecule has 172 valence electrons. The molecule has 0 aliphatic rings. The van der Waals surface area contributed by atoms with Gasteiger partial charge in [-0.3, -0.25) is 9.59 Å². The smallest absolute Gasteiger partial charge is 0.251 e. The molecule has 0 saturated heterocycles. The van der Waals surface area contributed by atoms with Gasteiger partial charge in [-0.25, -0.2) is 0 Å². The van der Waals surface area contributed by atoms with Gasteiger partial charge in [0.05, 0.1) is 18.5 Å². The fourth-order valence-corrected chi connectivity index (χ4v) is 4.73. The molecule has 0 bridgehead atoms. The third-order valence-electron chi connectivity index (χ3n) is 3.99. The normalized spacial score (nSPS) is 11.3. The van der Waals surface area contributed by atoms with E-state index in [-0.39, 0.29) is 23.8 Å². The van der Waals surface area contributed by atoms with Crippen molar-refractivity contribution in [2.45, 2.75) is 37.5 Å². The molecule has 0 fully saturated rings. The summed E-state index contributed by atoms with van der Waals surface area (Å²) in [6.45, 7) is 9.70. The number of amides is 2. The predicted octanol–water partition coefficient (Wildman–Crippen LogP) is 2.25. The van der Waals surface area contributed by atoms with E-state index in [1.54, 1.807) is 28.5 Å². The van der Waals surface area contributed by atoms with Crippen molar-refractivity contribution in [2.75, 3.05) is 45.9 Å². The van der Waals surface area contributed by atoms with Gasteiger partial charge in [0.15, 0.2) is 0 Å². The number of hydrogen-bond donors (Lipinski definition) is 4. The second-order valence-corrected chi connectivity index (χ2v) is 8.90. The Labute approximate surface area is 194 Å². The molecule has 1 atom stereocenters. The van der Waals surface area contributed by atoms with E-state index in [1.807, 2.05) is 31.2 Å². The van der Waals surface area contributed by atoms with Crippen molar-refractivity contribution in [3.63, 3.8) is 0 Å². The van der Waals surface area contributed by atoms with Crippen LogP contribution in [-0.2, 0) is 9.53 Å². The van der Waals surface area contributed by atoms with Gasteiger partial charge in [-0.15, -0.1) is 5.92 Å². The topological polar surface area (TPSA) is 91.5 Å². The first kappa shape index (κ1) is 27.3. The Balaban J connectivity index is 2.23. The van der Waals surface area contributed by atoms with Crippen molar-refractivity contribution in [1.82, 2.24) is 21.3 Å². The molecule has 31 heavy (non-hydrogen) atoms. The lowest BCUT2D eigenvalue weighted by molar-refractivity contribution is -0.125. The molecule has 0 aliphatic heterocycles. The van der Waals surface area contributed by atoms with E-state index in [0.29, 0.717) is 31.8 Å². The molecule has 7 nitrogen and oxygen atoms in total. The number of likely N-dealkylation sites (N-methyl/N-ethyl adjacent to an activating group) is 1. The van der Waals surface area contributed by atoms with Crippen molar-refractivity contribution < 1.29 is 14.3 Å². The van der Waals surface area contributed by atoms with Crippen LogP contribution in [0.2, 0.25) is 0 Å². The second kappa shape index (κ2) is 17.9. The van der Waals surface area contributed by atoms with Crippen molar-refractivity contribution in [3.05, 3.63) is 29.8 Å². The van der Waals surface area contributed by atoms with Crippen LogP contribution in [0.4, 0.5) is 0 Å². The van der Waals surface area contributed by atoms with Gasteiger partial charge < -0.3 is 26.0 Å². The van der Waals surface area contributed by atoms with Gasteiger partial charge in [0.25, 0.3) is 5.91 Å². The molecule has 9 heteroatoms. The van der Waals surface area contributed by atoms with Gasteiger partial charge in [0, 0.05) is 30.1 Å². The van der Waals surface area contributed by atoms with Crippen molar-refractivity contribution in [1.29, 1.82) is 0 Å². The van der Waals surface area contributed by atoms with Crippen LogP contribution in [-0.4, -0.2) is 63.1 Å². The van der Waals surface area contributed by atoms with Crippen LogP contribution in [0.3, 0.4) is 0 Å². The van der Waals surface area contributed by atoms with E-state index < -0.39 is 0 Å². The molecular weight excluding hydrogens is 432 g/mol. The Bertz CT molecular complexity index is 705. The van der Waals surface area contributed by atoms with E-state index in [0.717, 1.165) is 24.4 Å². The Morgan fingerprint density at radius 1 is 1.10 bits per heavy atom. The van der Waals surface area contributed by atoms with Crippen LogP contribution < -0.4 is 21.3 Å². The Hall–Kier alpha value is -1.70. The SMILES string of the molecule is CC#CCNC(=O)COCCNC(CC)SSc1ccc(C(=O)NCCNCC)cc1. The minimum Gasteiger partial charge on any atom is -0.370 e. The number of nitrogens with one attached hydrogen (secondary N) is 4. The van der Waals surface area contributed by atoms with Crippen LogP contribution in [0.5, 0.6) is 0 Å². The number of ether oxygens (including phenoxy) is 1. The first-order valence-corrected chi connectivity index (χ1v) is 12.7. The average molecular weight is 467 g/mol. The van der Waals surface area contributed by atoms with E-state index in [9.17, 15) is 9.59 Å². The Kier molecular flexibility index (Phi) is 15.8. The molecule has 0 spiro atoms. The third kappa shape index (κ3) is 13.3. The molecule has 2 amide bonds. The molecule has 4 N–H and O–H groups in total. The number of hydrogen-bond acceptors (Lipinski definition) is 7. The number of rotatable bonds is 16. The highest BCUT2D eigenvalue weighted by Gasteiger charge is 2.09. The van der Waals surface area contributed by atoms with Crippen LogP contribution in [0.1, 0.15) is 37.6 Å². The Morgan fingerprint density at radius 2 is 1.87 bits per heavy atom. The summed E-state index contributed by atoms with van der Waals surface area (Å²) in [6, 6.07) is 7.64. The largest absolute Gasteiger partial charge is 0.370 e. The first-order valence-electron chi connectivity index (χ1n) is 10.5. The van der Waals surface area contributed by atoms with E-state index in [1.165, 1.54) is 0 Å².